The molecule has 0 bridgehead atoms. The second kappa shape index (κ2) is 8.39. The summed E-state index contributed by atoms with van der Waals surface area (Å²) in [6, 6.07) is 11.8. The Morgan fingerprint density at radius 1 is 1.36 bits per heavy atom. The summed E-state index contributed by atoms with van der Waals surface area (Å²) in [7, 11) is 0. The van der Waals surface area contributed by atoms with Crippen molar-refractivity contribution in [2.75, 3.05) is 11.9 Å². The maximum Gasteiger partial charge on any atom is 0.312 e. The van der Waals surface area contributed by atoms with E-state index in [4.69, 9.17) is 14.4 Å². The Bertz CT molecular complexity index is 899. The highest BCUT2D eigenvalue weighted by molar-refractivity contribution is 5.95. The zero-order chi connectivity index (χ0) is 20.1. The third kappa shape index (κ3) is 4.57. The van der Waals surface area contributed by atoms with Crippen LogP contribution in [0.4, 0.5) is 5.69 Å². The Labute approximate surface area is 161 Å². The van der Waals surface area contributed by atoms with Crippen LogP contribution in [-0.4, -0.2) is 35.3 Å². The molecule has 1 aromatic carbocycles. The third-order valence-electron chi connectivity index (χ3n) is 4.42. The minimum absolute atomic E-state index is 0.0451. The molecule has 0 radical (unpaired) electrons. The number of furan rings is 1. The van der Waals surface area contributed by atoms with Crippen LogP contribution in [-0.2, 0) is 25.7 Å². The smallest absolute Gasteiger partial charge is 0.312 e. The lowest BCUT2D eigenvalue weighted by atomic mass is 10.1. The summed E-state index contributed by atoms with van der Waals surface area (Å²) in [4.78, 5) is 38.2. The van der Waals surface area contributed by atoms with Gasteiger partial charge in [-0.25, -0.2) is 0 Å². The van der Waals surface area contributed by atoms with Gasteiger partial charge in [0, 0.05) is 18.7 Å². The molecule has 2 heterocycles. The van der Waals surface area contributed by atoms with Gasteiger partial charge in [0.15, 0.2) is 6.10 Å². The predicted molar refractivity (Wildman–Crippen MR) is 97.6 cm³/mol. The molecule has 2 aromatic rings. The quantitative estimate of drug-likeness (QED) is 0.767. The Hall–Kier alpha value is -3.60. The molecule has 144 valence electrons. The number of rotatable bonds is 6. The number of hydrogen-bond donors (Lipinski definition) is 1. The summed E-state index contributed by atoms with van der Waals surface area (Å²) in [5, 5.41) is 11.4. The number of carbonyl (C=O) groups excluding carboxylic acids is 3. The first kappa shape index (κ1) is 19.2. The van der Waals surface area contributed by atoms with Crippen LogP contribution in [0.3, 0.4) is 0 Å². The second-order valence-corrected chi connectivity index (χ2v) is 6.51. The summed E-state index contributed by atoms with van der Waals surface area (Å²) in [5.74, 6) is -1.22. The summed E-state index contributed by atoms with van der Waals surface area (Å²) in [5.41, 5.74) is 0.968. The number of likely N-dealkylation sites (tertiary alicyclic amines) is 1. The number of ether oxygens (including phenoxy) is 1. The van der Waals surface area contributed by atoms with E-state index in [1.807, 2.05) is 6.07 Å². The van der Waals surface area contributed by atoms with E-state index in [1.165, 1.54) is 18.1 Å². The molecule has 8 nitrogen and oxygen atoms in total. The van der Waals surface area contributed by atoms with Crippen molar-refractivity contribution in [3.05, 3.63) is 54.0 Å². The highest BCUT2D eigenvalue weighted by Crippen LogP contribution is 2.22. The second-order valence-electron chi connectivity index (χ2n) is 6.51. The molecule has 0 aliphatic carbocycles. The van der Waals surface area contributed by atoms with Crippen molar-refractivity contribution in [1.29, 1.82) is 5.26 Å². The van der Waals surface area contributed by atoms with Crippen LogP contribution < -0.4 is 5.32 Å². The minimum Gasteiger partial charge on any atom is -0.467 e. The molecule has 1 saturated heterocycles. The number of nitrogens with one attached hydrogen (secondary N) is 1. The van der Waals surface area contributed by atoms with E-state index < -0.39 is 23.9 Å². The van der Waals surface area contributed by atoms with Crippen LogP contribution in [0.2, 0.25) is 0 Å². The average molecular weight is 381 g/mol. The van der Waals surface area contributed by atoms with Gasteiger partial charge < -0.3 is 19.4 Å². The molecule has 1 aromatic heterocycles. The lowest BCUT2D eigenvalue weighted by Gasteiger charge is -2.17. The topological polar surface area (TPSA) is 113 Å². The van der Waals surface area contributed by atoms with Gasteiger partial charge in [-0.3, -0.25) is 14.4 Å². The fourth-order valence-corrected chi connectivity index (χ4v) is 2.87. The number of hydrogen-bond acceptors (Lipinski definition) is 6. The minimum atomic E-state index is -1.02. The Kier molecular flexibility index (Phi) is 5.75. The molecule has 3 rings (SSSR count). The van der Waals surface area contributed by atoms with Gasteiger partial charge in [-0.15, -0.1) is 0 Å². The fourth-order valence-electron chi connectivity index (χ4n) is 2.87. The van der Waals surface area contributed by atoms with Crippen LogP contribution in [0, 0.1) is 17.2 Å². The maximum absolute atomic E-state index is 12.3. The number of benzene rings is 1. The molecule has 1 fully saturated rings. The highest BCUT2D eigenvalue weighted by Gasteiger charge is 2.36. The Morgan fingerprint density at radius 2 is 2.11 bits per heavy atom. The molecule has 1 aliphatic heterocycles. The molecule has 8 heteroatoms. The van der Waals surface area contributed by atoms with Crippen molar-refractivity contribution in [1.82, 2.24) is 4.90 Å². The molecule has 0 saturated carbocycles. The van der Waals surface area contributed by atoms with Crippen molar-refractivity contribution in [3.8, 4) is 6.07 Å². The summed E-state index contributed by atoms with van der Waals surface area (Å²) in [6.45, 7) is 1.99. The fraction of sp³-hybridized carbons (Fsp3) is 0.300. The van der Waals surface area contributed by atoms with E-state index in [1.54, 1.807) is 36.4 Å². The zero-order valence-electron chi connectivity index (χ0n) is 15.3. The lowest BCUT2D eigenvalue weighted by Crippen LogP contribution is -2.33. The molecule has 1 aliphatic rings. The molecular weight excluding hydrogens is 362 g/mol. The highest BCUT2D eigenvalue weighted by atomic mass is 16.5. The van der Waals surface area contributed by atoms with Gasteiger partial charge in [-0.05, 0) is 43.3 Å². The van der Waals surface area contributed by atoms with Crippen LogP contribution >= 0.6 is 0 Å². The summed E-state index contributed by atoms with van der Waals surface area (Å²) >= 11 is 0. The molecule has 0 unspecified atom stereocenters. The van der Waals surface area contributed by atoms with Crippen molar-refractivity contribution in [2.24, 2.45) is 5.92 Å². The largest absolute Gasteiger partial charge is 0.467 e. The van der Waals surface area contributed by atoms with Crippen molar-refractivity contribution in [3.63, 3.8) is 0 Å². The zero-order valence-corrected chi connectivity index (χ0v) is 15.3. The molecule has 2 amide bonds. The summed E-state index contributed by atoms with van der Waals surface area (Å²) in [6.07, 6.45) is 0.552. The lowest BCUT2D eigenvalue weighted by molar-refractivity contribution is -0.157. The molecule has 1 N–H and O–H groups in total. The summed E-state index contributed by atoms with van der Waals surface area (Å²) < 4.78 is 10.5. The number of amides is 2. The van der Waals surface area contributed by atoms with Gasteiger partial charge in [0.25, 0.3) is 5.91 Å². The first-order valence-corrected chi connectivity index (χ1v) is 8.78. The first-order chi connectivity index (χ1) is 13.5. The van der Waals surface area contributed by atoms with E-state index in [-0.39, 0.29) is 18.9 Å². The van der Waals surface area contributed by atoms with E-state index in [2.05, 4.69) is 5.32 Å². The number of anilines is 1. The van der Waals surface area contributed by atoms with Crippen molar-refractivity contribution < 1.29 is 23.5 Å². The number of nitriles is 1. The van der Waals surface area contributed by atoms with Crippen LogP contribution in [0.5, 0.6) is 0 Å². The van der Waals surface area contributed by atoms with E-state index in [0.717, 1.165) is 0 Å². The van der Waals surface area contributed by atoms with Gasteiger partial charge in [-0.1, -0.05) is 0 Å². The first-order valence-electron chi connectivity index (χ1n) is 8.78. The van der Waals surface area contributed by atoms with Gasteiger partial charge in [0.2, 0.25) is 5.91 Å². The standard InChI is InChI=1S/C20H19N3O5/c1-13(19(25)22-16-6-4-14(10-21)5-7-16)28-20(26)15-9-18(24)23(11-15)12-17-3-2-8-27-17/h2-8,13,15H,9,11-12H2,1H3,(H,22,25)/t13-,15+/m1/s1. The van der Waals surface area contributed by atoms with E-state index in [9.17, 15) is 14.4 Å². The average Bonchev–Trinajstić information content (AvgIpc) is 3.32. The van der Waals surface area contributed by atoms with Gasteiger partial charge in [0.1, 0.15) is 5.76 Å². The van der Waals surface area contributed by atoms with Gasteiger partial charge >= 0.3 is 5.97 Å². The molecule has 0 spiro atoms. The Balaban J connectivity index is 1.51. The van der Waals surface area contributed by atoms with Gasteiger partial charge in [-0.2, -0.15) is 5.26 Å². The Morgan fingerprint density at radius 3 is 2.75 bits per heavy atom. The van der Waals surface area contributed by atoms with Crippen LogP contribution in [0.25, 0.3) is 0 Å². The van der Waals surface area contributed by atoms with E-state index >= 15 is 0 Å². The normalized spacial score (nSPS) is 17.1. The van der Waals surface area contributed by atoms with Crippen molar-refractivity contribution >= 4 is 23.5 Å². The maximum atomic E-state index is 12.3. The van der Waals surface area contributed by atoms with Crippen LogP contribution in [0.1, 0.15) is 24.7 Å². The van der Waals surface area contributed by atoms with Crippen LogP contribution in [0.15, 0.2) is 47.1 Å². The third-order valence-corrected chi connectivity index (χ3v) is 4.42. The van der Waals surface area contributed by atoms with E-state index in [0.29, 0.717) is 23.6 Å². The molecule has 28 heavy (non-hydrogen) atoms. The van der Waals surface area contributed by atoms with Crippen molar-refractivity contribution in [2.45, 2.75) is 26.0 Å². The number of nitrogens with zero attached hydrogens (tertiary/aromatic N) is 2. The molecular formula is C20H19N3O5. The molecule has 2 atom stereocenters. The SMILES string of the molecule is C[C@@H](OC(=O)[C@H]1CC(=O)N(Cc2ccco2)C1)C(=O)Nc1ccc(C#N)cc1. The number of carbonyl (C=O) groups is 3. The number of esters is 1. The van der Waals surface area contributed by atoms with Gasteiger partial charge in [0.05, 0.1) is 30.4 Å². The predicted octanol–water partition coefficient (Wildman–Crippen LogP) is 2.07. The monoisotopic (exact) mass is 381 g/mol.